The second-order valence-corrected chi connectivity index (χ2v) is 5.07. The first-order chi connectivity index (χ1) is 10.7. The number of nitrogen functional groups attached to an aromatic ring is 1. The summed E-state index contributed by atoms with van der Waals surface area (Å²) >= 11 is 0. The first kappa shape index (κ1) is 14.0. The van der Waals surface area contributed by atoms with E-state index < -0.39 is 0 Å². The van der Waals surface area contributed by atoms with Crippen molar-refractivity contribution in [2.45, 2.75) is 6.92 Å². The van der Waals surface area contributed by atoms with Crippen molar-refractivity contribution in [3.63, 3.8) is 0 Å². The molecule has 0 saturated heterocycles. The van der Waals surface area contributed by atoms with Crippen LogP contribution in [-0.2, 0) is 0 Å². The molecule has 0 bridgehead atoms. The van der Waals surface area contributed by atoms with E-state index in [9.17, 15) is 0 Å². The topological polar surface area (TPSA) is 44.5 Å². The molecule has 110 valence electrons. The van der Waals surface area contributed by atoms with Crippen LogP contribution in [0.2, 0.25) is 0 Å². The van der Waals surface area contributed by atoms with Crippen LogP contribution in [0.25, 0.3) is 0 Å². The van der Waals surface area contributed by atoms with Gasteiger partial charge in [0.15, 0.2) is 0 Å². The highest BCUT2D eigenvalue weighted by molar-refractivity contribution is 5.46. The fraction of sp³-hybridized carbons (Fsp3) is 0.0526. The van der Waals surface area contributed by atoms with E-state index in [4.69, 9.17) is 15.2 Å². The average molecular weight is 291 g/mol. The largest absolute Gasteiger partial charge is 0.457 e. The number of ether oxygens (including phenoxy) is 2. The number of benzene rings is 3. The van der Waals surface area contributed by atoms with Gasteiger partial charge in [0.2, 0.25) is 0 Å². The first-order valence-corrected chi connectivity index (χ1v) is 7.07. The molecule has 3 aromatic rings. The molecule has 0 aliphatic rings. The second-order valence-electron chi connectivity index (χ2n) is 5.07. The van der Waals surface area contributed by atoms with Gasteiger partial charge >= 0.3 is 0 Å². The van der Waals surface area contributed by atoms with Gasteiger partial charge in [-0.1, -0.05) is 24.3 Å². The van der Waals surface area contributed by atoms with Crippen LogP contribution in [0.1, 0.15) is 5.56 Å². The summed E-state index contributed by atoms with van der Waals surface area (Å²) in [4.78, 5) is 0. The van der Waals surface area contributed by atoms with Gasteiger partial charge < -0.3 is 15.2 Å². The Hall–Kier alpha value is -2.94. The summed E-state index contributed by atoms with van der Waals surface area (Å²) in [6.45, 7) is 2.03. The molecule has 0 aromatic heterocycles. The summed E-state index contributed by atoms with van der Waals surface area (Å²) in [5.41, 5.74) is 7.58. The summed E-state index contributed by atoms with van der Waals surface area (Å²) in [6, 6.07) is 22.8. The maximum atomic E-state index is 5.86. The van der Waals surface area contributed by atoms with Gasteiger partial charge in [-0.05, 0) is 48.9 Å². The zero-order valence-corrected chi connectivity index (χ0v) is 12.3. The predicted molar refractivity (Wildman–Crippen MR) is 88.6 cm³/mol. The van der Waals surface area contributed by atoms with E-state index in [0.29, 0.717) is 17.2 Å². The third kappa shape index (κ3) is 3.58. The Morgan fingerprint density at radius 3 is 1.73 bits per heavy atom. The zero-order chi connectivity index (χ0) is 15.4. The lowest BCUT2D eigenvalue weighted by Gasteiger charge is -2.10. The van der Waals surface area contributed by atoms with E-state index in [1.807, 2.05) is 73.7 Å². The van der Waals surface area contributed by atoms with Gasteiger partial charge in [-0.3, -0.25) is 0 Å². The minimum Gasteiger partial charge on any atom is -0.457 e. The minimum atomic E-state index is 0.671. The van der Waals surface area contributed by atoms with E-state index in [-0.39, 0.29) is 0 Å². The molecule has 3 heteroatoms. The van der Waals surface area contributed by atoms with Crippen molar-refractivity contribution in [1.82, 2.24) is 0 Å². The zero-order valence-electron chi connectivity index (χ0n) is 12.3. The van der Waals surface area contributed by atoms with Crippen LogP contribution in [0.4, 0.5) is 5.69 Å². The van der Waals surface area contributed by atoms with Crippen LogP contribution in [0.15, 0.2) is 72.8 Å². The van der Waals surface area contributed by atoms with Gasteiger partial charge in [-0.25, -0.2) is 0 Å². The average Bonchev–Trinajstić information content (AvgIpc) is 2.47. The van der Waals surface area contributed by atoms with E-state index in [1.54, 1.807) is 6.07 Å². The van der Waals surface area contributed by atoms with Crippen molar-refractivity contribution >= 4 is 5.69 Å². The minimum absolute atomic E-state index is 0.671. The van der Waals surface area contributed by atoms with Crippen molar-refractivity contribution in [3.8, 4) is 23.0 Å². The Morgan fingerprint density at radius 1 is 0.636 bits per heavy atom. The molecule has 0 heterocycles. The molecule has 0 radical (unpaired) electrons. The van der Waals surface area contributed by atoms with Crippen LogP contribution in [0.3, 0.4) is 0 Å². The number of hydrogen-bond donors (Lipinski definition) is 1. The molecular weight excluding hydrogens is 274 g/mol. The summed E-state index contributed by atoms with van der Waals surface area (Å²) in [6.07, 6.45) is 0. The van der Waals surface area contributed by atoms with Gasteiger partial charge in [0.1, 0.15) is 23.0 Å². The van der Waals surface area contributed by atoms with Crippen molar-refractivity contribution in [2.24, 2.45) is 0 Å². The predicted octanol–water partition coefficient (Wildman–Crippen LogP) is 5.16. The quantitative estimate of drug-likeness (QED) is 0.675. The molecule has 3 rings (SSSR count). The van der Waals surface area contributed by atoms with E-state index in [2.05, 4.69) is 0 Å². The Balaban J connectivity index is 1.78. The highest BCUT2D eigenvalue weighted by Crippen LogP contribution is 2.29. The van der Waals surface area contributed by atoms with Gasteiger partial charge in [-0.2, -0.15) is 0 Å². The van der Waals surface area contributed by atoms with E-state index in [0.717, 1.165) is 17.1 Å². The molecule has 0 saturated carbocycles. The van der Waals surface area contributed by atoms with Crippen LogP contribution in [-0.4, -0.2) is 0 Å². The Labute approximate surface area is 129 Å². The number of anilines is 1. The lowest BCUT2D eigenvalue weighted by atomic mass is 10.2. The smallest absolute Gasteiger partial charge is 0.131 e. The SMILES string of the molecule is Cc1cccc(Oc2cccc(Oc3cccc(N)c3)c2)c1. The van der Waals surface area contributed by atoms with Crippen molar-refractivity contribution in [2.75, 3.05) is 5.73 Å². The normalized spacial score (nSPS) is 10.2. The lowest BCUT2D eigenvalue weighted by Crippen LogP contribution is -1.89. The van der Waals surface area contributed by atoms with Crippen molar-refractivity contribution < 1.29 is 9.47 Å². The Kier molecular flexibility index (Phi) is 3.97. The van der Waals surface area contributed by atoms with E-state index in [1.165, 1.54) is 0 Å². The molecule has 0 fully saturated rings. The standard InChI is InChI=1S/C19H17NO2/c1-14-5-2-7-16(11-14)21-18-9-4-10-19(13-18)22-17-8-3-6-15(20)12-17/h2-13H,20H2,1H3. The molecule has 0 unspecified atom stereocenters. The van der Waals surface area contributed by atoms with Gasteiger partial charge in [-0.15, -0.1) is 0 Å². The van der Waals surface area contributed by atoms with Crippen LogP contribution in [0.5, 0.6) is 23.0 Å². The molecule has 0 spiro atoms. The molecule has 3 nitrogen and oxygen atoms in total. The van der Waals surface area contributed by atoms with Crippen molar-refractivity contribution in [3.05, 3.63) is 78.4 Å². The van der Waals surface area contributed by atoms with Gasteiger partial charge in [0.25, 0.3) is 0 Å². The molecule has 3 aromatic carbocycles. The highest BCUT2D eigenvalue weighted by atomic mass is 16.5. The molecule has 0 aliphatic heterocycles. The summed E-state index contributed by atoms with van der Waals surface area (Å²) in [7, 11) is 0. The molecular formula is C19H17NO2. The number of nitrogens with two attached hydrogens (primary N) is 1. The molecule has 0 aliphatic carbocycles. The monoisotopic (exact) mass is 291 g/mol. The number of aryl methyl sites for hydroxylation is 1. The van der Waals surface area contributed by atoms with E-state index >= 15 is 0 Å². The lowest BCUT2D eigenvalue weighted by molar-refractivity contribution is 0.460. The second kappa shape index (κ2) is 6.22. The Bertz CT molecular complexity index is 721. The Morgan fingerprint density at radius 2 is 1.14 bits per heavy atom. The molecule has 0 amide bonds. The van der Waals surface area contributed by atoms with Crippen LogP contribution in [0, 0.1) is 6.92 Å². The van der Waals surface area contributed by atoms with Gasteiger partial charge in [0, 0.05) is 17.8 Å². The summed E-state index contributed by atoms with van der Waals surface area (Å²) in [5, 5.41) is 0. The van der Waals surface area contributed by atoms with Gasteiger partial charge in [0.05, 0.1) is 0 Å². The summed E-state index contributed by atoms with van der Waals surface area (Å²) in [5.74, 6) is 2.94. The van der Waals surface area contributed by atoms with Crippen LogP contribution >= 0.6 is 0 Å². The van der Waals surface area contributed by atoms with Crippen LogP contribution < -0.4 is 15.2 Å². The number of rotatable bonds is 4. The molecule has 22 heavy (non-hydrogen) atoms. The fourth-order valence-corrected chi connectivity index (χ4v) is 2.13. The summed E-state index contributed by atoms with van der Waals surface area (Å²) < 4.78 is 11.7. The third-order valence-corrected chi connectivity index (χ3v) is 3.12. The molecule has 2 N–H and O–H groups in total. The first-order valence-electron chi connectivity index (χ1n) is 7.07. The number of hydrogen-bond acceptors (Lipinski definition) is 3. The van der Waals surface area contributed by atoms with Crippen molar-refractivity contribution in [1.29, 1.82) is 0 Å². The maximum absolute atomic E-state index is 5.86. The third-order valence-electron chi connectivity index (χ3n) is 3.12. The molecule has 0 atom stereocenters. The maximum Gasteiger partial charge on any atom is 0.131 e. The fourth-order valence-electron chi connectivity index (χ4n) is 2.13. The highest BCUT2D eigenvalue weighted by Gasteiger charge is 2.02.